The number of amides is 2. The van der Waals surface area contributed by atoms with E-state index in [1.54, 1.807) is 5.38 Å². The predicted octanol–water partition coefficient (Wildman–Crippen LogP) is 2.46. The van der Waals surface area contributed by atoms with Crippen LogP contribution < -0.4 is 10.6 Å². The van der Waals surface area contributed by atoms with Gasteiger partial charge >= 0.3 is 0 Å². The fourth-order valence-corrected chi connectivity index (χ4v) is 3.18. The SMILES string of the molecule is CC(=O)N[C@H](Cc1ccccc1)c1nc(C(=O)NC2CC2)cs1. The second kappa shape index (κ2) is 6.91. The zero-order valence-electron chi connectivity index (χ0n) is 12.9. The smallest absolute Gasteiger partial charge is 0.270 e. The van der Waals surface area contributed by atoms with Crippen LogP contribution in [0.4, 0.5) is 0 Å². The van der Waals surface area contributed by atoms with E-state index in [1.807, 2.05) is 30.3 Å². The van der Waals surface area contributed by atoms with Crippen LogP contribution in [0.2, 0.25) is 0 Å². The lowest BCUT2D eigenvalue weighted by Gasteiger charge is -2.15. The number of nitrogens with one attached hydrogen (secondary N) is 2. The van der Waals surface area contributed by atoms with E-state index in [9.17, 15) is 9.59 Å². The third kappa shape index (κ3) is 4.39. The zero-order valence-corrected chi connectivity index (χ0v) is 13.7. The second-order valence-corrected chi connectivity index (χ2v) is 6.65. The van der Waals surface area contributed by atoms with E-state index in [4.69, 9.17) is 0 Å². The number of hydrogen-bond donors (Lipinski definition) is 2. The minimum atomic E-state index is -0.220. The monoisotopic (exact) mass is 329 g/mol. The van der Waals surface area contributed by atoms with Crippen LogP contribution in [0.3, 0.4) is 0 Å². The predicted molar refractivity (Wildman–Crippen MR) is 89.3 cm³/mol. The highest BCUT2D eigenvalue weighted by atomic mass is 32.1. The first-order valence-electron chi connectivity index (χ1n) is 7.69. The first kappa shape index (κ1) is 15.7. The molecule has 6 heteroatoms. The first-order valence-corrected chi connectivity index (χ1v) is 8.57. The number of carbonyl (C=O) groups is 2. The van der Waals surface area contributed by atoms with Gasteiger partial charge in [0.1, 0.15) is 10.7 Å². The molecule has 3 rings (SSSR count). The minimum Gasteiger partial charge on any atom is -0.348 e. The lowest BCUT2D eigenvalue weighted by Crippen LogP contribution is -2.28. The lowest BCUT2D eigenvalue weighted by atomic mass is 10.1. The number of hydrogen-bond acceptors (Lipinski definition) is 4. The third-order valence-corrected chi connectivity index (χ3v) is 4.58. The van der Waals surface area contributed by atoms with Crippen molar-refractivity contribution in [1.82, 2.24) is 15.6 Å². The van der Waals surface area contributed by atoms with Gasteiger partial charge in [0, 0.05) is 18.3 Å². The van der Waals surface area contributed by atoms with Gasteiger partial charge in [-0.1, -0.05) is 30.3 Å². The molecule has 2 N–H and O–H groups in total. The summed E-state index contributed by atoms with van der Waals surface area (Å²) in [5, 5.41) is 8.37. The molecule has 0 radical (unpaired) electrons. The highest BCUT2D eigenvalue weighted by Crippen LogP contribution is 2.24. The molecule has 1 aliphatic rings. The Kier molecular flexibility index (Phi) is 4.71. The maximum atomic E-state index is 12.1. The van der Waals surface area contributed by atoms with E-state index < -0.39 is 0 Å². The Morgan fingerprint density at radius 1 is 1.30 bits per heavy atom. The van der Waals surface area contributed by atoms with Crippen molar-refractivity contribution in [2.45, 2.75) is 38.3 Å². The highest BCUT2D eigenvalue weighted by Gasteiger charge is 2.26. The molecule has 0 saturated heterocycles. The van der Waals surface area contributed by atoms with Crippen molar-refractivity contribution < 1.29 is 9.59 Å². The minimum absolute atomic E-state index is 0.106. The van der Waals surface area contributed by atoms with Crippen LogP contribution in [0, 0.1) is 0 Å². The molecule has 1 fully saturated rings. The summed E-state index contributed by atoms with van der Waals surface area (Å²) in [5.41, 5.74) is 1.55. The van der Waals surface area contributed by atoms with Gasteiger partial charge in [-0.25, -0.2) is 4.98 Å². The molecular formula is C17H19N3O2S. The highest BCUT2D eigenvalue weighted by molar-refractivity contribution is 7.09. The maximum Gasteiger partial charge on any atom is 0.270 e. The van der Waals surface area contributed by atoms with Gasteiger partial charge in [-0.15, -0.1) is 11.3 Å². The van der Waals surface area contributed by atoms with E-state index in [2.05, 4.69) is 15.6 Å². The van der Waals surface area contributed by atoms with Crippen molar-refractivity contribution in [3.8, 4) is 0 Å². The van der Waals surface area contributed by atoms with Crippen LogP contribution >= 0.6 is 11.3 Å². The lowest BCUT2D eigenvalue weighted by molar-refractivity contribution is -0.119. The summed E-state index contributed by atoms with van der Waals surface area (Å²) in [6, 6.07) is 10.0. The first-order chi connectivity index (χ1) is 11.1. The molecule has 1 aromatic carbocycles. The van der Waals surface area contributed by atoms with Gasteiger partial charge in [-0.05, 0) is 24.8 Å². The molecule has 0 unspecified atom stereocenters. The molecule has 1 saturated carbocycles. The number of carbonyl (C=O) groups excluding carboxylic acids is 2. The van der Waals surface area contributed by atoms with Gasteiger partial charge in [0.05, 0.1) is 6.04 Å². The Morgan fingerprint density at radius 3 is 2.70 bits per heavy atom. The van der Waals surface area contributed by atoms with Crippen molar-refractivity contribution in [2.75, 3.05) is 0 Å². The molecule has 2 aromatic rings. The Balaban J connectivity index is 1.74. The molecule has 120 valence electrons. The fourth-order valence-electron chi connectivity index (χ4n) is 2.33. The van der Waals surface area contributed by atoms with Crippen LogP contribution in [-0.4, -0.2) is 22.8 Å². The Hall–Kier alpha value is -2.21. The van der Waals surface area contributed by atoms with Crippen molar-refractivity contribution in [3.05, 3.63) is 52.0 Å². The Bertz CT molecular complexity index is 695. The average Bonchev–Trinajstić information content (AvgIpc) is 3.19. The molecule has 0 bridgehead atoms. The van der Waals surface area contributed by atoms with E-state index in [-0.39, 0.29) is 17.9 Å². The Morgan fingerprint density at radius 2 is 2.04 bits per heavy atom. The maximum absolute atomic E-state index is 12.1. The second-order valence-electron chi connectivity index (χ2n) is 5.76. The van der Waals surface area contributed by atoms with Crippen molar-refractivity contribution in [3.63, 3.8) is 0 Å². The van der Waals surface area contributed by atoms with Crippen molar-refractivity contribution >= 4 is 23.2 Å². The zero-order chi connectivity index (χ0) is 16.2. The van der Waals surface area contributed by atoms with Gasteiger partial charge in [0.25, 0.3) is 5.91 Å². The van der Waals surface area contributed by atoms with Gasteiger partial charge in [-0.3, -0.25) is 9.59 Å². The summed E-state index contributed by atoms with van der Waals surface area (Å²) in [6.07, 6.45) is 2.74. The molecule has 1 aromatic heterocycles. The molecule has 1 heterocycles. The fraction of sp³-hybridized carbons (Fsp3) is 0.353. The van der Waals surface area contributed by atoms with Gasteiger partial charge in [0.15, 0.2) is 0 Å². The third-order valence-electron chi connectivity index (χ3n) is 3.63. The summed E-state index contributed by atoms with van der Waals surface area (Å²) in [7, 11) is 0. The normalized spacial score (nSPS) is 15.0. The summed E-state index contributed by atoms with van der Waals surface area (Å²) in [6.45, 7) is 1.49. The molecule has 1 aliphatic carbocycles. The molecule has 5 nitrogen and oxygen atoms in total. The van der Waals surface area contributed by atoms with E-state index in [0.717, 1.165) is 23.4 Å². The van der Waals surface area contributed by atoms with Crippen LogP contribution in [0.15, 0.2) is 35.7 Å². The largest absolute Gasteiger partial charge is 0.348 e. The van der Waals surface area contributed by atoms with Gasteiger partial charge < -0.3 is 10.6 Å². The van der Waals surface area contributed by atoms with Gasteiger partial charge in [0.2, 0.25) is 5.91 Å². The summed E-state index contributed by atoms with van der Waals surface area (Å²) in [5.74, 6) is -0.235. The standard InChI is InChI=1S/C17H19N3O2S/c1-11(21)18-14(9-12-5-3-2-4-6-12)17-20-15(10-23-17)16(22)19-13-7-8-13/h2-6,10,13-14H,7-9H2,1H3,(H,18,21)(H,19,22)/t14-/m1/s1. The van der Waals surface area contributed by atoms with Crippen LogP contribution in [-0.2, 0) is 11.2 Å². The molecule has 2 amide bonds. The Labute approximate surface area is 139 Å². The van der Waals surface area contributed by atoms with Crippen molar-refractivity contribution in [2.24, 2.45) is 0 Å². The molecule has 0 spiro atoms. The van der Waals surface area contributed by atoms with Gasteiger partial charge in [-0.2, -0.15) is 0 Å². The molecule has 1 atom stereocenters. The number of rotatable bonds is 6. The molecular weight excluding hydrogens is 310 g/mol. The summed E-state index contributed by atoms with van der Waals surface area (Å²) >= 11 is 1.41. The molecule has 23 heavy (non-hydrogen) atoms. The van der Waals surface area contributed by atoms with E-state index in [0.29, 0.717) is 18.2 Å². The number of aromatic nitrogens is 1. The van der Waals surface area contributed by atoms with Crippen LogP contribution in [0.1, 0.15) is 46.9 Å². The van der Waals surface area contributed by atoms with Crippen molar-refractivity contribution in [1.29, 1.82) is 0 Å². The number of thiazole rings is 1. The van der Waals surface area contributed by atoms with E-state index >= 15 is 0 Å². The van der Waals surface area contributed by atoms with Crippen LogP contribution in [0.5, 0.6) is 0 Å². The summed E-state index contributed by atoms with van der Waals surface area (Å²) in [4.78, 5) is 28.0. The average molecular weight is 329 g/mol. The molecule has 0 aliphatic heterocycles. The summed E-state index contributed by atoms with van der Waals surface area (Å²) < 4.78 is 0. The number of nitrogens with zero attached hydrogens (tertiary/aromatic N) is 1. The number of benzene rings is 1. The van der Waals surface area contributed by atoms with Crippen LogP contribution in [0.25, 0.3) is 0 Å². The quantitative estimate of drug-likeness (QED) is 0.855. The topological polar surface area (TPSA) is 71.1 Å². The van der Waals surface area contributed by atoms with E-state index in [1.165, 1.54) is 18.3 Å².